The molecule has 0 unspecified atom stereocenters. The summed E-state index contributed by atoms with van der Waals surface area (Å²) in [6, 6.07) is 0. The molecular weight excluding hydrogens is 168 g/mol. The molecule has 0 heterocycles. The fourth-order valence-corrected chi connectivity index (χ4v) is 4.84. The predicted octanol–water partition coefficient (Wildman–Crippen LogP) is 4.17. The summed E-state index contributed by atoms with van der Waals surface area (Å²) in [5, 5.41) is 0. The van der Waals surface area contributed by atoms with Crippen LogP contribution in [-0.4, -0.2) is 0 Å². The fraction of sp³-hybridized carbons (Fsp3) is 0.857. The molecule has 4 bridgehead atoms. The molecular formula is C14H22. The van der Waals surface area contributed by atoms with E-state index in [-0.39, 0.29) is 0 Å². The van der Waals surface area contributed by atoms with Crippen LogP contribution in [0.3, 0.4) is 0 Å². The van der Waals surface area contributed by atoms with Crippen LogP contribution in [0.4, 0.5) is 0 Å². The lowest BCUT2D eigenvalue weighted by molar-refractivity contribution is -0.0988. The van der Waals surface area contributed by atoms with Gasteiger partial charge in [0.2, 0.25) is 0 Å². The Morgan fingerprint density at radius 2 is 2.00 bits per heavy atom. The number of hydrogen-bond acceptors (Lipinski definition) is 0. The van der Waals surface area contributed by atoms with Gasteiger partial charge in [0, 0.05) is 0 Å². The minimum Gasteiger partial charge on any atom is -0.0990 e. The molecule has 4 rings (SSSR count). The molecule has 0 aromatic carbocycles. The van der Waals surface area contributed by atoms with Crippen molar-refractivity contribution < 1.29 is 0 Å². The second kappa shape index (κ2) is 2.46. The molecule has 4 atom stereocenters. The van der Waals surface area contributed by atoms with E-state index < -0.39 is 0 Å². The van der Waals surface area contributed by atoms with Crippen LogP contribution >= 0.6 is 0 Å². The maximum Gasteiger partial charge on any atom is -0.00599 e. The first-order chi connectivity index (χ1) is 6.58. The van der Waals surface area contributed by atoms with Crippen molar-refractivity contribution in [2.75, 3.05) is 0 Å². The van der Waals surface area contributed by atoms with Crippen LogP contribution in [0.15, 0.2) is 12.2 Å². The maximum absolute atomic E-state index is 4.43. The maximum atomic E-state index is 4.43. The fourth-order valence-electron chi connectivity index (χ4n) is 4.84. The smallest absolute Gasteiger partial charge is 0.00599 e. The van der Waals surface area contributed by atoms with Crippen molar-refractivity contribution in [3.05, 3.63) is 12.2 Å². The summed E-state index contributed by atoms with van der Waals surface area (Å²) in [4.78, 5) is 0. The van der Waals surface area contributed by atoms with E-state index in [0.29, 0.717) is 10.8 Å². The van der Waals surface area contributed by atoms with Crippen molar-refractivity contribution in [3.8, 4) is 0 Å². The monoisotopic (exact) mass is 190 g/mol. The molecule has 0 N–H and O–H groups in total. The van der Waals surface area contributed by atoms with Gasteiger partial charge < -0.3 is 0 Å². The quantitative estimate of drug-likeness (QED) is 0.503. The first-order valence-corrected chi connectivity index (χ1v) is 6.27. The summed E-state index contributed by atoms with van der Waals surface area (Å²) in [7, 11) is 0. The number of hydrogen-bond donors (Lipinski definition) is 0. The van der Waals surface area contributed by atoms with Crippen LogP contribution in [0.2, 0.25) is 0 Å². The number of rotatable bonds is 0. The van der Waals surface area contributed by atoms with Crippen molar-refractivity contribution in [1.82, 2.24) is 0 Å². The van der Waals surface area contributed by atoms with E-state index in [1.807, 2.05) is 0 Å². The Bertz CT molecular complexity index is 290. The van der Waals surface area contributed by atoms with Gasteiger partial charge >= 0.3 is 0 Å². The van der Waals surface area contributed by atoms with E-state index in [0.717, 1.165) is 11.8 Å². The average molecular weight is 190 g/mol. The van der Waals surface area contributed by atoms with E-state index in [4.69, 9.17) is 0 Å². The summed E-state index contributed by atoms with van der Waals surface area (Å²) in [5.74, 6) is 1.90. The second-order valence-corrected chi connectivity index (χ2v) is 6.34. The third-order valence-electron chi connectivity index (χ3n) is 6.17. The van der Waals surface area contributed by atoms with Crippen molar-refractivity contribution >= 4 is 0 Å². The minimum absolute atomic E-state index is 0.497. The minimum atomic E-state index is 0.497. The highest BCUT2D eigenvalue weighted by molar-refractivity contribution is 5.27. The van der Waals surface area contributed by atoms with Crippen molar-refractivity contribution in [3.63, 3.8) is 0 Å². The molecule has 0 radical (unpaired) electrons. The molecule has 0 amide bonds. The lowest BCUT2D eigenvalue weighted by Gasteiger charge is -2.65. The SMILES string of the molecule is C=C1[C@H]2CC[C@]3(C)[C@@H](CCC[C@]13C)C2. The Morgan fingerprint density at radius 1 is 1.21 bits per heavy atom. The summed E-state index contributed by atoms with van der Waals surface area (Å²) < 4.78 is 0. The molecule has 4 aliphatic rings. The van der Waals surface area contributed by atoms with Gasteiger partial charge in [0.15, 0.2) is 0 Å². The third-order valence-corrected chi connectivity index (χ3v) is 6.17. The van der Waals surface area contributed by atoms with Gasteiger partial charge in [-0.1, -0.05) is 32.4 Å². The number of fused-ring (bicyclic) bond motifs is 1. The first kappa shape index (κ1) is 9.00. The molecule has 0 nitrogen and oxygen atoms in total. The van der Waals surface area contributed by atoms with Gasteiger partial charge in [-0.15, -0.1) is 0 Å². The van der Waals surface area contributed by atoms with E-state index in [1.165, 1.54) is 38.5 Å². The van der Waals surface area contributed by atoms with Gasteiger partial charge in [-0.05, 0) is 54.8 Å². The first-order valence-electron chi connectivity index (χ1n) is 6.27. The van der Waals surface area contributed by atoms with Crippen LogP contribution < -0.4 is 0 Å². The lowest BCUT2D eigenvalue weighted by atomic mass is 9.39. The molecule has 4 fully saturated rings. The Morgan fingerprint density at radius 3 is 2.71 bits per heavy atom. The van der Waals surface area contributed by atoms with Gasteiger partial charge in [-0.3, -0.25) is 0 Å². The second-order valence-electron chi connectivity index (χ2n) is 6.34. The van der Waals surface area contributed by atoms with Gasteiger partial charge in [-0.25, -0.2) is 0 Å². The normalized spacial score (nSPS) is 56.3. The predicted molar refractivity (Wildman–Crippen MR) is 60.0 cm³/mol. The highest BCUT2D eigenvalue weighted by Gasteiger charge is 2.60. The molecule has 0 saturated heterocycles. The zero-order valence-corrected chi connectivity index (χ0v) is 9.60. The largest absolute Gasteiger partial charge is 0.0990 e. The average Bonchev–Trinajstić information content (AvgIpc) is 2.16. The van der Waals surface area contributed by atoms with Gasteiger partial charge in [0.25, 0.3) is 0 Å². The Hall–Kier alpha value is -0.260. The molecule has 0 aromatic rings. The lowest BCUT2D eigenvalue weighted by Crippen LogP contribution is -2.56. The van der Waals surface area contributed by atoms with Crippen LogP contribution in [0, 0.1) is 22.7 Å². The molecule has 0 aliphatic heterocycles. The summed E-state index contributed by atoms with van der Waals surface area (Å²) >= 11 is 0. The third kappa shape index (κ3) is 0.777. The van der Waals surface area contributed by atoms with Crippen LogP contribution in [0.5, 0.6) is 0 Å². The molecule has 0 heteroatoms. The molecule has 14 heavy (non-hydrogen) atoms. The van der Waals surface area contributed by atoms with E-state index in [1.54, 1.807) is 5.57 Å². The van der Waals surface area contributed by atoms with E-state index >= 15 is 0 Å². The van der Waals surface area contributed by atoms with E-state index in [9.17, 15) is 0 Å². The Kier molecular flexibility index (Phi) is 1.58. The van der Waals surface area contributed by atoms with Gasteiger partial charge in [0.1, 0.15) is 0 Å². The van der Waals surface area contributed by atoms with Crippen LogP contribution in [-0.2, 0) is 0 Å². The molecule has 78 valence electrons. The Labute approximate surface area is 87.8 Å². The number of allylic oxidation sites excluding steroid dienone is 1. The standard InChI is InChI=1S/C14H22/c1-10-11-6-8-14(3)12(9-11)5-4-7-13(10,14)2/h11-12H,1,4-9H2,2-3H3/t11-,12-,13+,14+/m0/s1. The molecule has 0 spiro atoms. The van der Waals surface area contributed by atoms with Crippen molar-refractivity contribution in [2.45, 2.75) is 52.4 Å². The molecule has 0 aromatic heterocycles. The summed E-state index contributed by atoms with van der Waals surface area (Å²) in [6.45, 7) is 9.49. The summed E-state index contributed by atoms with van der Waals surface area (Å²) in [6.07, 6.45) is 8.72. The summed E-state index contributed by atoms with van der Waals surface area (Å²) in [5.41, 5.74) is 2.72. The van der Waals surface area contributed by atoms with Gasteiger partial charge in [0.05, 0.1) is 0 Å². The highest BCUT2D eigenvalue weighted by Crippen LogP contribution is 2.69. The topological polar surface area (TPSA) is 0 Å². The van der Waals surface area contributed by atoms with Crippen LogP contribution in [0.25, 0.3) is 0 Å². The van der Waals surface area contributed by atoms with Crippen molar-refractivity contribution in [1.29, 1.82) is 0 Å². The van der Waals surface area contributed by atoms with E-state index in [2.05, 4.69) is 20.4 Å². The highest BCUT2D eigenvalue weighted by atomic mass is 14.6. The zero-order valence-electron chi connectivity index (χ0n) is 9.60. The van der Waals surface area contributed by atoms with Gasteiger partial charge in [-0.2, -0.15) is 0 Å². The molecule has 4 saturated carbocycles. The van der Waals surface area contributed by atoms with Crippen molar-refractivity contribution in [2.24, 2.45) is 22.7 Å². The van der Waals surface area contributed by atoms with Crippen LogP contribution in [0.1, 0.15) is 52.4 Å². The Balaban J connectivity index is 2.12. The molecule has 4 aliphatic carbocycles. The zero-order chi connectivity index (χ0) is 9.97.